The third-order valence-corrected chi connectivity index (χ3v) is 3.38. The molecule has 6 heteroatoms. The second-order valence-corrected chi connectivity index (χ2v) is 4.65. The van der Waals surface area contributed by atoms with Crippen LogP contribution in [0.2, 0.25) is 0 Å². The van der Waals surface area contributed by atoms with Gasteiger partial charge in [0.1, 0.15) is 0 Å². The molecule has 2 rings (SSSR count). The Bertz CT molecular complexity index is 397. The van der Waals surface area contributed by atoms with E-state index in [1.165, 1.54) is 0 Å². The van der Waals surface area contributed by atoms with Crippen LogP contribution in [-0.4, -0.2) is 52.5 Å². The lowest BCUT2D eigenvalue weighted by molar-refractivity contribution is 0.0546. The number of H-pyrrole nitrogens is 1. The number of piperidine rings is 1. The molecule has 6 nitrogen and oxygen atoms in total. The second kappa shape index (κ2) is 5.95. The van der Waals surface area contributed by atoms with Gasteiger partial charge in [0.2, 0.25) is 0 Å². The molecule has 0 aromatic carbocycles. The molecular weight excluding hydrogens is 232 g/mol. The fraction of sp³-hybridized carbons (Fsp3) is 0.750. The first kappa shape index (κ1) is 13.0. The van der Waals surface area contributed by atoms with E-state index in [0.717, 1.165) is 39.1 Å². The van der Waals surface area contributed by atoms with Crippen molar-refractivity contribution < 1.29 is 9.53 Å². The van der Waals surface area contributed by atoms with Crippen LogP contribution in [0.3, 0.4) is 0 Å². The monoisotopic (exact) mass is 252 g/mol. The molecule has 1 fully saturated rings. The molecule has 0 spiro atoms. The summed E-state index contributed by atoms with van der Waals surface area (Å²) in [6.07, 6.45) is 2.01. The van der Waals surface area contributed by atoms with Crippen molar-refractivity contribution in [2.75, 3.05) is 26.3 Å². The summed E-state index contributed by atoms with van der Waals surface area (Å²) in [5.41, 5.74) is 1.11. The Kier molecular flexibility index (Phi) is 4.30. The molecule has 0 radical (unpaired) electrons. The first-order chi connectivity index (χ1) is 8.72. The number of ether oxygens (including phenoxy) is 1. The summed E-state index contributed by atoms with van der Waals surface area (Å²) < 4.78 is 5.43. The van der Waals surface area contributed by atoms with Gasteiger partial charge in [-0.1, -0.05) is 0 Å². The molecule has 0 unspecified atom stereocenters. The Morgan fingerprint density at radius 3 is 2.72 bits per heavy atom. The van der Waals surface area contributed by atoms with Gasteiger partial charge in [-0.25, -0.2) is 0 Å². The fourth-order valence-corrected chi connectivity index (χ4v) is 2.22. The Hall–Kier alpha value is -1.43. The normalized spacial score (nSPS) is 17.1. The quantitative estimate of drug-likeness (QED) is 0.868. The molecule has 1 saturated heterocycles. The highest BCUT2D eigenvalue weighted by Gasteiger charge is 2.26. The number of aromatic amines is 1. The van der Waals surface area contributed by atoms with Crippen LogP contribution in [0.5, 0.6) is 0 Å². The predicted molar refractivity (Wildman–Crippen MR) is 66.2 cm³/mol. The van der Waals surface area contributed by atoms with Crippen LogP contribution in [0, 0.1) is 12.8 Å². The van der Waals surface area contributed by atoms with Crippen LogP contribution in [0.15, 0.2) is 0 Å². The lowest BCUT2D eigenvalue weighted by Gasteiger charge is -2.31. The number of rotatable bonds is 4. The summed E-state index contributed by atoms with van der Waals surface area (Å²) in [6.45, 7) is 6.93. The van der Waals surface area contributed by atoms with Crippen molar-refractivity contribution in [3.8, 4) is 0 Å². The molecular formula is C12H20N4O2. The lowest BCUT2D eigenvalue weighted by Crippen LogP contribution is -2.39. The van der Waals surface area contributed by atoms with Crippen molar-refractivity contribution >= 4 is 5.91 Å². The molecule has 1 aliphatic rings. The smallest absolute Gasteiger partial charge is 0.276 e. The molecule has 1 N–H and O–H groups in total. The van der Waals surface area contributed by atoms with Crippen LogP contribution in [0.4, 0.5) is 0 Å². The minimum atomic E-state index is -0.0175. The van der Waals surface area contributed by atoms with E-state index in [1.807, 2.05) is 11.8 Å². The average molecular weight is 252 g/mol. The van der Waals surface area contributed by atoms with Crippen LogP contribution in [0.25, 0.3) is 0 Å². The number of aryl methyl sites for hydroxylation is 1. The molecule has 0 aliphatic carbocycles. The SMILES string of the molecule is CCOCC1CCN(C(=O)c2n[nH]nc2C)CC1. The van der Waals surface area contributed by atoms with Crippen LogP contribution in [0.1, 0.15) is 35.9 Å². The summed E-state index contributed by atoms with van der Waals surface area (Å²) in [6, 6.07) is 0. The first-order valence-electron chi connectivity index (χ1n) is 6.46. The highest BCUT2D eigenvalue weighted by molar-refractivity contribution is 5.93. The summed E-state index contributed by atoms with van der Waals surface area (Å²) >= 11 is 0. The van der Waals surface area contributed by atoms with Crippen molar-refractivity contribution in [3.05, 3.63) is 11.4 Å². The van der Waals surface area contributed by atoms with Gasteiger partial charge in [0.15, 0.2) is 5.69 Å². The number of aromatic nitrogens is 3. The average Bonchev–Trinajstić information content (AvgIpc) is 2.82. The van der Waals surface area contributed by atoms with Crippen LogP contribution in [-0.2, 0) is 4.74 Å². The van der Waals surface area contributed by atoms with E-state index in [0.29, 0.717) is 17.3 Å². The number of nitrogens with zero attached hydrogens (tertiary/aromatic N) is 3. The van der Waals surface area contributed by atoms with Gasteiger partial charge in [-0.3, -0.25) is 4.79 Å². The lowest BCUT2D eigenvalue weighted by atomic mass is 9.97. The zero-order valence-electron chi connectivity index (χ0n) is 11.0. The maximum atomic E-state index is 12.2. The summed E-state index contributed by atoms with van der Waals surface area (Å²) in [5.74, 6) is 0.559. The molecule has 100 valence electrons. The zero-order chi connectivity index (χ0) is 13.0. The molecule has 0 saturated carbocycles. The number of hydrogen-bond donors (Lipinski definition) is 1. The van der Waals surface area contributed by atoms with Gasteiger partial charge in [-0.05, 0) is 32.6 Å². The molecule has 2 heterocycles. The zero-order valence-corrected chi connectivity index (χ0v) is 11.0. The summed E-state index contributed by atoms with van der Waals surface area (Å²) in [7, 11) is 0. The standard InChI is InChI=1S/C12H20N4O2/c1-3-18-8-10-4-6-16(7-5-10)12(17)11-9(2)13-15-14-11/h10H,3-8H2,1-2H3,(H,13,14,15). The van der Waals surface area contributed by atoms with Crippen LogP contribution < -0.4 is 0 Å². The van der Waals surface area contributed by atoms with Gasteiger partial charge in [0.05, 0.1) is 5.69 Å². The van der Waals surface area contributed by atoms with Crippen molar-refractivity contribution in [1.82, 2.24) is 20.3 Å². The molecule has 0 bridgehead atoms. The Labute approximate surface area is 107 Å². The summed E-state index contributed by atoms with van der Waals surface area (Å²) in [5, 5.41) is 10.3. The predicted octanol–water partition coefficient (Wildman–Crippen LogP) is 1.00. The van der Waals surface area contributed by atoms with Gasteiger partial charge in [-0.15, -0.1) is 0 Å². The highest BCUT2D eigenvalue weighted by atomic mass is 16.5. The van der Waals surface area contributed by atoms with Gasteiger partial charge in [0, 0.05) is 26.3 Å². The largest absolute Gasteiger partial charge is 0.381 e. The van der Waals surface area contributed by atoms with E-state index >= 15 is 0 Å². The van der Waals surface area contributed by atoms with Crippen molar-refractivity contribution in [1.29, 1.82) is 0 Å². The van der Waals surface area contributed by atoms with Crippen molar-refractivity contribution in [2.45, 2.75) is 26.7 Å². The Morgan fingerprint density at radius 2 is 2.17 bits per heavy atom. The molecule has 1 aliphatic heterocycles. The fourth-order valence-electron chi connectivity index (χ4n) is 2.22. The number of carbonyl (C=O) groups excluding carboxylic acids is 1. The Balaban J connectivity index is 1.86. The van der Waals surface area contributed by atoms with Crippen molar-refractivity contribution in [3.63, 3.8) is 0 Å². The minimum Gasteiger partial charge on any atom is -0.381 e. The second-order valence-electron chi connectivity index (χ2n) is 4.65. The first-order valence-corrected chi connectivity index (χ1v) is 6.46. The Morgan fingerprint density at radius 1 is 1.44 bits per heavy atom. The number of nitrogens with one attached hydrogen (secondary N) is 1. The van der Waals surface area contributed by atoms with E-state index < -0.39 is 0 Å². The molecule has 1 aromatic heterocycles. The summed E-state index contributed by atoms with van der Waals surface area (Å²) in [4.78, 5) is 14.0. The third kappa shape index (κ3) is 2.87. The van der Waals surface area contributed by atoms with Crippen molar-refractivity contribution in [2.24, 2.45) is 5.92 Å². The minimum absolute atomic E-state index is 0.0175. The van der Waals surface area contributed by atoms with E-state index in [1.54, 1.807) is 6.92 Å². The molecule has 1 aromatic rings. The number of amides is 1. The number of carbonyl (C=O) groups is 1. The molecule has 0 atom stereocenters. The van der Waals surface area contributed by atoms with Gasteiger partial charge < -0.3 is 9.64 Å². The third-order valence-electron chi connectivity index (χ3n) is 3.38. The highest BCUT2D eigenvalue weighted by Crippen LogP contribution is 2.19. The van der Waals surface area contributed by atoms with E-state index in [2.05, 4.69) is 15.4 Å². The van der Waals surface area contributed by atoms with E-state index in [9.17, 15) is 4.79 Å². The van der Waals surface area contributed by atoms with Gasteiger partial charge in [0.25, 0.3) is 5.91 Å². The molecule has 18 heavy (non-hydrogen) atoms. The van der Waals surface area contributed by atoms with E-state index in [4.69, 9.17) is 4.74 Å². The number of hydrogen-bond acceptors (Lipinski definition) is 4. The van der Waals surface area contributed by atoms with Gasteiger partial charge in [-0.2, -0.15) is 15.4 Å². The number of likely N-dealkylation sites (tertiary alicyclic amines) is 1. The van der Waals surface area contributed by atoms with Gasteiger partial charge >= 0.3 is 0 Å². The maximum Gasteiger partial charge on any atom is 0.276 e. The molecule has 1 amide bonds. The van der Waals surface area contributed by atoms with E-state index in [-0.39, 0.29) is 5.91 Å². The van der Waals surface area contributed by atoms with Crippen LogP contribution >= 0.6 is 0 Å². The topological polar surface area (TPSA) is 71.1 Å². The maximum absolute atomic E-state index is 12.2.